The fraction of sp³-hybridized carbons (Fsp3) is 0.310. The molecule has 0 fully saturated rings. The number of hydrogen-bond acceptors (Lipinski definition) is 1. The van der Waals surface area contributed by atoms with E-state index in [1.165, 1.54) is 39.2 Å². The minimum Gasteiger partial charge on any atom is -0.337 e. The van der Waals surface area contributed by atoms with E-state index in [4.69, 9.17) is 0 Å². The molecular weight excluding hydrogens is 362 g/mol. The second-order valence-corrected chi connectivity index (χ2v) is 8.12. The first kappa shape index (κ1) is 21.9. The molecule has 30 heavy (non-hydrogen) atoms. The Morgan fingerprint density at radius 3 is 2.50 bits per heavy atom. The smallest absolute Gasteiger partial charge is 0.0593 e. The number of hydrogen-bond donors (Lipinski definition) is 0. The third-order valence-corrected chi connectivity index (χ3v) is 6.10. The zero-order valence-electron chi connectivity index (χ0n) is 19.0. The molecule has 1 nitrogen and oxygen atoms in total. The fourth-order valence-corrected chi connectivity index (χ4v) is 4.52. The van der Waals surface area contributed by atoms with Gasteiger partial charge in [-0.1, -0.05) is 93.1 Å². The Kier molecular flexibility index (Phi) is 7.52. The molecule has 2 aromatic carbocycles. The summed E-state index contributed by atoms with van der Waals surface area (Å²) < 4.78 is 0. The van der Waals surface area contributed by atoms with Crippen LogP contribution in [0.1, 0.15) is 56.7 Å². The molecule has 1 aliphatic heterocycles. The highest BCUT2D eigenvalue weighted by molar-refractivity contribution is 5.80. The van der Waals surface area contributed by atoms with Crippen molar-refractivity contribution in [2.75, 3.05) is 4.90 Å². The molecule has 1 heterocycles. The standard InChI is InChI=1S/C29H35N/c1-6-9-10-18-25-21-24-17-12-14-20-27(24)30(25)28(15-7-2)29(22(4)8-3)26-19-13-11-16-23(26)5/h6,9-14,16-20,28H,1,7-8,15,21H2,2-5H3/b10-9-,25-18+,29-22-. The fourth-order valence-electron chi connectivity index (χ4n) is 4.52. The van der Waals surface area contributed by atoms with Crippen LogP contribution in [0, 0.1) is 6.92 Å². The lowest BCUT2D eigenvalue weighted by Crippen LogP contribution is -2.34. The molecule has 0 bridgehead atoms. The van der Waals surface area contributed by atoms with Crippen molar-refractivity contribution in [1.29, 1.82) is 0 Å². The monoisotopic (exact) mass is 397 g/mol. The second kappa shape index (κ2) is 10.3. The second-order valence-electron chi connectivity index (χ2n) is 8.12. The summed E-state index contributed by atoms with van der Waals surface area (Å²) in [6.45, 7) is 12.9. The van der Waals surface area contributed by atoms with Crippen LogP contribution in [0.25, 0.3) is 5.57 Å². The molecule has 1 unspecified atom stereocenters. The Morgan fingerprint density at radius 2 is 1.80 bits per heavy atom. The molecule has 0 aromatic heterocycles. The van der Waals surface area contributed by atoms with E-state index < -0.39 is 0 Å². The summed E-state index contributed by atoms with van der Waals surface area (Å²) >= 11 is 0. The van der Waals surface area contributed by atoms with Crippen LogP contribution in [0.4, 0.5) is 5.69 Å². The van der Waals surface area contributed by atoms with Gasteiger partial charge < -0.3 is 4.90 Å². The molecular formula is C29H35N. The van der Waals surface area contributed by atoms with Gasteiger partial charge in [-0.25, -0.2) is 0 Å². The number of benzene rings is 2. The van der Waals surface area contributed by atoms with Crippen molar-refractivity contribution in [3.8, 4) is 0 Å². The first-order valence-electron chi connectivity index (χ1n) is 11.2. The number of allylic oxidation sites excluding steroid dienone is 6. The van der Waals surface area contributed by atoms with E-state index in [-0.39, 0.29) is 0 Å². The van der Waals surface area contributed by atoms with Gasteiger partial charge in [0.2, 0.25) is 0 Å². The summed E-state index contributed by atoms with van der Waals surface area (Å²) in [7, 11) is 0. The van der Waals surface area contributed by atoms with Crippen molar-refractivity contribution in [1.82, 2.24) is 0 Å². The Balaban J connectivity index is 2.21. The van der Waals surface area contributed by atoms with Crippen molar-refractivity contribution < 1.29 is 0 Å². The summed E-state index contributed by atoms with van der Waals surface area (Å²) in [5, 5.41) is 0. The van der Waals surface area contributed by atoms with Crippen molar-refractivity contribution in [3.63, 3.8) is 0 Å². The average Bonchev–Trinajstić information content (AvgIpc) is 3.12. The first-order valence-corrected chi connectivity index (χ1v) is 11.2. The summed E-state index contributed by atoms with van der Waals surface area (Å²) in [5.74, 6) is 0. The lowest BCUT2D eigenvalue weighted by molar-refractivity contribution is 0.678. The average molecular weight is 398 g/mol. The van der Waals surface area contributed by atoms with E-state index in [2.05, 4.69) is 99.9 Å². The van der Waals surface area contributed by atoms with Gasteiger partial charge in [-0.05, 0) is 61.1 Å². The van der Waals surface area contributed by atoms with Crippen LogP contribution in [0.15, 0.2) is 90.7 Å². The first-order chi connectivity index (χ1) is 14.6. The molecule has 156 valence electrons. The number of anilines is 1. The maximum atomic E-state index is 3.82. The van der Waals surface area contributed by atoms with Crippen LogP contribution >= 0.6 is 0 Å². The molecule has 0 spiro atoms. The molecule has 0 saturated heterocycles. The van der Waals surface area contributed by atoms with Crippen molar-refractivity contribution in [3.05, 3.63) is 107 Å². The lowest BCUT2D eigenvalue weighted by Gasteiger charge is -2.35. The van der Waals surface area contributed by atoms with Crippen molar-refractivity contribution in [2.45, 2.75) is 59.4 Å². The molecule has 0 saturated carbocycles. The van der Waals surface area contributed by atoms with E-state index in [0.29, 0.717) is 6.04 Å². The van der Waals surface area contributed by atoms with Crippen LogP contribution in [-0.2, 0) is 6.42 Å². The molecule has 0 aliphatic carbocycles. The molecule has 0 amide bonds. The minimum absolute atomic E-state index is 0.322. The third kappa shape index (κ3) is 4.51. The zero-order valence-corrected chi connectivity index (χ0v) is 19.0. The highest BCUT2D eigenvalue weighted by Gasteiger charge is 2.32. The maximum Gasteiger partial charge on any atom is 0.0593 e. The van der Waals surface area contributed by atoms with Gasteiger partial charge in [0.25, 0.3) is 0 Å². The van der Waals surface area contributed by atoms with E-state index in [0.717, 1.165) is 25.7 Å². The topological polar surface area (TPSA) is 3.24 Å². The highest BCUT2D eigenvalue weighted by atomic mass is 15.2. The van der Waals surface area contributed by atoms with Gasteiger partial charge in [-0.2, -0.15) is 0 Å². The molecule has 3 rings (SSSR count). The number of fused-ring (bicyclic) bond motifs is 1. The third-order valence-electron chi connectivity index (χ3n) is 6.10. The predicted octanol–water partition coefficient (Wildman–Crippen LogP) is 8.04. The van der Waals surface area contributed by atoms with Crippen molar-refractivity contribution in [2.24, 2.45) is 0 Å². The van der Waals surface area contributed by atoms with Crippen LogP contribution in [-0.4, -0.2) is 6.04 Å². The van der Waals surface area contributed by atoms with Crippen LogP contribution in [0.3, 0.4) is 0 Å². The van der Waals surface area contributed by atoms with Gasteiger partial charge in [0.05, 0.1) is 6.04 Å². The molecule has 0 N–H and O–H groups in total. The number of para-hydroxylation sites is 1. The van der Waals surface area contributed by atoms with Gasteiger partial charge >= 0.3 is 0 Å². The summed E-state index contributed by atoms with van der Waals surface area (Å²) in [6, 6.07) is 18.1. The van der Waals surface area contributed by atoms with Gasteiger partial charge in [0.1, 0.15) is 0 Å². The van der Waals surface area contributed by atoms with E-state index in [9.17, 15) is 0 Å². The zero-order chi connectivity index (χ0) is 21.5. The Bertz CT molecular complexity index is 973. The number of rotatable bonds is 8. The van der Waals surface area contributed by atoms with E-state index in [1.54, 1.807) is 0 Å². The Labute approximate surface area is 183 Å². The lowest BCUT2D eigenvalue weighted by atomic mass is 9.87. The molecule has 1 atom stereocenters. The van der Waals surface area contributed by atoms with Gasteiger partial charge in [-0.3, -0.25) is 0 Å². The molecule has 1 aliphatic rings. The SMILES string of the molecule is C=C/C=C\C=C1/Cc2ccccc2N1C(CCC)/C(=C(/C)CC)c1ccccc1C. The highest BCUT2D eigenvalue weighted by Crippen LogP contribution is 2.42. The van der Waals surface area contributed by atoms with Gasteiger partial charge in [0, 0.05) is 17.8 Å². The Morgan fingerprint density at radius 1 is 1.07 bits per heavy atom. The normalized spacial score (nSPS) is 16.7. The number of aryl methyl sites for hydroxylation is 1. The minimum atomic E-state index is 0.322. The van der Waals surface area contributed by atoms with Gasteiger partial charge in [0.15, 0.2) is 0 Å². The summed E-state index contributed by atoms with van der Waals surface area (Å²) in [4.78, 5) is 2.60. The summed E-state index contributed by atoms with van der Waals surface area (Å²) in [6.07, 6.45) is 12.5. The summed E-state index contributed by atoms with van der Waals surface area (Å²) in [5.41, 5.74) is 9.84. The predicted molar refractivity (Wildman–Crippen MR) is 133 cm³/mol. The van der Waals surface area contributed by atoms with E-state index in [1.807, 2.05) is 12.2 Å². The molecule has 0 radical (unpaired) electrons. The largest absolute Gasteiger partial charge is 0.337 e. The number of nitrogens with zero attached hydrogens (tertiary/aromatic N) is 1. The van der Waals surface area contributed by atoms with Crippen LogP contribution in [0.5, 0.6) is 0 Å². The van der Waals surface area contributed by atoms with Crippen LogP contribution < -0.4 is 4.90 Å². The van der Waals surface area contributed by atoms with Crippen LogP contribution in [0.2, 0.25) is 0 Å². The quantitative estimate of drug-likeness (QED) is 0.407. The van der Waals surface area contributed by atoms with Crippen molar-refractivity contribution >= 4 is 11.3 Å². The Hall–Kier alpha value is -2.80. The maximum absolute atomic E-state index is 3.82. The van der Waals surface area contributed by atoms with Gasteiger partial charge in [-0.15, -0.1) is 0 Å². The van der Waals surface area contributed by atoms with E-state index >= 15 is 0 Å². The molecule has 2 aromatic rings. The molecule has 1 heteroatoms.